The molecule has 2 amide bonds. The number of rotatable bonds is 10. The van der Waals surface area contributed by atoms with E-state index in [1.165, 1.54) is 12.1 Å². The second-order valence-corrected chi connectivity index (χ2v) is 8.52. The van der Waals surface area contributed by atoms with E-state index in [4.69, 9.17) is 14.4 Å². The molecule has 178 valence electrons. The van der Waals surface area contributed by atoms with E-state index in [0.29, 0.717) is 19.4 Å². The lowest BCUT2D eigenvalue weighted by Gasteiger charge is -2.41. The Morgan fingerprint density at radius 1 is 1.27 bits per heavy atom. The van der Waals surface area contributed by atoms with Crippen LogP contribution in [0.1, 0.15) is 33.1 Å². The molecule has 0 aliphatic carbocycles. The predicted molar refractivity (Wildman–Crippen MR) is 116 cm³/mol. The van der Waals surface area contributed by atoms with Crippen LogP contribution in [0.3, 0.4) is 0 Å². The fraction of sp³-hybridized carbons (Fsp3) is 0.524. The first-order chi connectivity index (χ1) is 15.6. The molecule has 3 rings (SSSR count). The molecule has 12 heteroatoms. The van der Waals surface area contributed by atoms with E-state index in [1.807, 2.05) is 18.7 Å². The van der Waals surface area contributed by atoms with Crippen molar-refractivity contribution >= 4 is 36.6 Å². The number of halogens is 1. The zero-order valence-corrected chi connectivity index (χ0v) is 18.5. The van der Waals surface area contributed by atoms with Crippen LogP contribution in [0.15, 0.2) is 24.3 Å². The first kappa shape index (κ1) is 24.5. The summed E-state index contributed by atoms with van der Waals surface area (Å²) in [6, 6.07) is 5.38. The van der Waals surface area contributed by atoms with Gasteiger partial charge in [-0.2, -0.15) is 0 Å². The molecule has 1 aromatic rings. The topological polar surface area (TPSA) is 134 Å². The lowest BCUT2D eigenvalue weighted by atomic mass is 9.74. The van der Waals surface area contributed by atoms with Crippen molar-refractivity contribution in [2.75, 3.05) is 18.0 Å². The number of nitrogens with one attached hydrogen (secondary N) is 2. The molecule has 0 spiro atoms. The predicted octanol–water partition coefficient (Wildman–Crippen LogP) is 0.496. The Morgan fingerprint density at radius 3 is 2.55 bits per heavy atom. The third-order valence-electron chi connectivity index (χ3n) is 5.46. The molecule has 0 saturated carbocycles. The van der Waals surface area contributed by atoms with Gasteiger partial charge < -0.3 is 29.9 Å². The van der Waals surface area contributed by atoms with E-state index >= 15 is 0 Å². The molecule has 2 saturated heterocycles. The third-order valence-corrected chi connectivity index (χ3v) is 5.46. The molecular formula is C21H27BFN3O7. The highest BCUT2D eigenvalue weighted by molar-refractivity contribution is 6.51. The maximum atomic E-state index is 13.1. The lowest BCUT2D eigenvalue weighted by Crippen LogP contribution is -2.58. The Labute approximate surface area is 190 Å². The van der Waals surface area contributed by atoms with E-state index in [1.54, 1.807) is 12.1 Å². The van der Waals surface area contributed by atoms with Crippen LogP contribution in [0.2, 0.25) is 0 Å². The van der Waals surface area contributed by atoms with Crippen LogP contribution in [-0.4, -0.2) is 67.2 Å². The van der Waals surface area contributed by atoms with Crippen molar-refractivity contribution in [2.24, 2.45) is 5.92 Å². The third kappa shape index (κ3) is 6.44. The summed E-state index contributed by atoms with van der Waals surface area (Å²) in [5.74, 6) is -3.75. The van der Waals surface area contributed by atoms with Gasteiger partial charge in [0.05, 0.1) is 18.9 Å². The van der Waals surface area contributed by atoms with E-state index < -0.39 is 49.5 Å². The summed E-state index contributed by atoms with van der Waals surface area (Å²) in [6.07, 6.45) is -0.731. The first-order valence-electron chi connectivity index (χ1n) is 10.8. The molecule has 33 heavy (non-hydrogen) atoms. The number of carboxylic acid groups (broad SMARTS) is 1. The maximum Gasteiger partial charge on any atom is 0.552 e. The second-order valence-electron chi connectivity index (χ2n) is 8.52. The van der Waals surface area contributed by atoms with Gasteiger partial charge in [0, 0.05) is 12.2 Å². The summed E-state index contributed by atoms with van der Waals surface area (Å²) in [6.45, 7) is 4.18. The molecule has 3 N–H and O–H groups in total. The minimum Gasteiger partial charge on any atom is -0.506 e. The van der Waals surface area contributed by atoms with Crippen LogP contribution in [0, 0.1) is 11.7 Å². The van der Waals surface area contributed by atoms with Gasteiger partial charge in [-0.25, -0.2) is 4.39 Å². The van der Waals surface area contributed by atoms with Gasteiger partial charge in [0.2, 0.25) is 11.8 Å². The van der Waals surface area contributed by atoms with Crippen LogP contribution in [0.5, 0.6) is 0 Å². The standard InChI is InChI=1S/C21H27BFN3O7/c1-12(2)9-17(22-32-16(10-19(28)29)21(31)33-22)25-18(27)11-24-20(30)15-7-8-26(15)14-5-3-13(23)4-6-14/h3-6,12,15-17H,7-11H2,1-2H3,(H,24,30)(H,25,27)(H,28,29). The van der Waals surface area contributed by atoms with E-state index in [2.05, 4.69) is 10.6 Å². The Balaban J connectivity index is 1.52. The van der Waals surface area contributed by atoms with Crippen molar-refractivity contribution < 1.29 is 38.0 Å². The molecule has 1 aromatic carbocycles. The Morgan fingerprint density at radius 2 is 1.97 bits per heavy atom. The summed E-state index contributed by atoms with van der Waals surface area (Å²) in [5, 5.41) is 14.2. The number of hydrogen-bond acceptors (Lipinski definition) is 7. The summed E-state index contributed by atoms with van der Waals surface area (Å²) >= 11 is 0. The van der Waals surface area contributed by atoms with Gasteiger partial charge in [-0.3, -0.25) is 19.2 Å². The molecule has 2 fully saturated rings. The minimum atomic E-state index is -1.23. The SMILES string of the molecule is CC(C)CC(NC(=O)CNC(=O)C1CCN1c1ccc(F)cc1)B1OC(=O)C(CC(=O)O)O1. The van der Waals surface area contributed by atoms with E-state index in [0.717, 1.165) is 5.69 Å². The van der Waals surface area contributed by atoms with Crippen molar-refractivity contribution in [3.63, 3.8) is 0 Å². The first-order valence-corrected chi connectivity index (χ1v) is 10.8. The van der Waals surface area contributed by atoms with Crippen LogP contribution >= 0.6 is 0 Å². The van der Waals surface area contributed by atoms with Crippen molar-refractivity contribution in [3.8, 4) is 0 Å². The van der Waals surface area contributed by atoms with Gasteiger partial charge in [0.25, 0.3) is 0 Å². The molecule has 2 aliphatic heterocycles. The van der Waals surface area contributed by atoms with Crippen LogP contribution < -0.4 is 15.5 Å². The van der Waals surface area contributed by atoms with Gasteiger partial charge >= 0.3 is 19.1 Å². The zero-order chi connectivity index (χ0) is 24.1. The molecule has 2 heterocycles. The van der Waals surface area contributed by atoms with Gasteiger partial charge in [-0.1, -0.05) is 13.8 Å². The second kappa shape index (κ2) is 10.6. The van der Waals surface area contributed by atoms with Crippen molar-refractivity contribution in [1.29, 1.82) is 0 Å². The van der Waals surface area contributed by atoms with Crippen LogP contribution in [0.4, 0.5) is 10.1 Å². The Hall–Kier alpha value is -3.15. The number of anilines is 1. The molecule has 2 aliphatic rings. The van der Waals surface area contributed by atoms with Crippen molar-refractivity contribution in [1.82, 2.24) is 10.6 Å². The number of carbonyl (C=O) groups excluding carboxylic acids is 3. The largest absolute Gasteiger partial charge is 0.552 e. The number of carbonyl (C=O) groups is 4. The highest BCUT2D eigenvalue weighted by Crippen LogP contribution is 2.26. The summed E-state index contributed by atoms with van der Waals surface area (Å²) < 4.78 is 23.7. The van der Waals surface area contributed by atoms with Gasteiger partial charge in [-0.05, 0) is 43.0 Å². The van der Waals surface area contributed by atoms with Crippen LogP contribution in [0.25, 0.3) is 0 Å². The van der Waals surface area contributed by atoms with Crippen LogP contribution in [-0.2, 0) is 28.5 Å². The summed E-state index contributed by atoms with van der Waals surface area (Å²) in [4.78, 5) is 49.6. The smallest absolute Gasteiger partial charge is 0.506 e. The molecular weight excluding hydrogens is 436 g/mol. The quantitative estimate of drug-likeness (QED) is 0.427. The highest BCUT2D eigenvalue weighted by atomic mass is 19.1. The normalized spacial score (nSPS) is 20.8. The molecule has 10 nitrogen and oxygen atoms in total. The fourth-order valence-electron chi connectivity index (χ4n) is 3.79. The van der Waals surface area contributed by atoms with Crippen molar-refractivity contribution in [3.05, 3.63) is 30.1 Å². The number of nitrogens with zero attached hydrogens (tertiary/aromatic N) is 1. The van der Waals surface area contributed by atoms with Gasteiger partial charge in [-0.15, -0.1) is 0 Å². The van der Waals surface area contributed by atoms with E-state index in [9.17, 15) is 23.6 Å². The average molecular weight is 463 g/mol. The number of carboxylic acids is 1. The fourth-order valence-corrected chi connectivity index (χ4v) is 3.79. The maximum absolute atomic E-state index is 13.1. The Kier molecular flexibility index (Phi) is 7.90. The van der Waals surface area contributed by atoms with Gasteiger partial charge in [0.1, 0.15) is 11.9 Å². The average Bonchev–Trinajstić information content (AvgIpc) is 3.06. The zero-order valence-electron chi connectivity index (χ0n) is 18.5. The number of hydrogen-bond donors (Lipinski definition) is 3. The molecule has 0 radical (unpaired) electrons. The number of aliphatic carboxylic acids is 1. The van der Waals surface area contributed by atoms with Gasteiger partial charge in [0.15, 0.2) is 6.10 Å². The monoisotopic (exact) mass is 463 g/mol. The summed E-state index contributed by atoms with van der Waals surface area (Å²) in [5.41, 5.74) is 0.723. The van der Waals surface area contributed by atoms with Crippen molar-refractivity contribution in [2.45, 2.75) is 51.2 Å². The highest BCUT2D eigenvalue weighted by Gasteiger charge is 2.46. The molecule has 0 bridgehead atoms. The lowest BCUT2D eigenvalue weighted by molar-refractivity contribution is -0.145. The molecule has 3 unspecified atom stereocenters. The molecule has 3 atom stereocenters. The van der Waals surface area contributed by atoms with E-state index in [-0.39, 0.29) is 24.2 Å². The Bertz CT molecular complexity index is 898. The number of amides is 2. The minimum absolute atomic E-state index is 0.116. The number of benzene rings is 1. The summed E-state index contributed by atoms with van der Waals surface area (Å²) in [7, 11) is -1.11. The molecule has 0 aromatic heterocycles.